The van der Waals surface area contributed by atoms with E-state index in [4.69, 9.17) is 4.74 Å². The summed E-state index contributed by atoms with van der Waals surface area (Å²) in [5, 5.41) is 15.5. The Hall–Kier alpha value is -3.80. The van der Waals surface area contributed by atoms with Gasteiger partial charge in [0.1, 0.15) is 6.10 Å². The summed E-state index contributed by atoms with van der Waals surface area (Å²) in [6.45, 7) is 3.64. The van der Waals surface area contributed by atoms with Crippen molar-refractivity contribution in [2.75, 3.05) is 37.4 Å². The minimum absolute atomic E-state index is 0.0630. The van der Waals surface area contributed by atoms with E-state index in [0.29, 0.717) is 5.69 Å². The number of urea groups is 1. The molecule has 1 saturated carbocycles. The third kappa shape index (κ3) is 7.78. The Morgan fingerprint density at radius 3 is 2.40 bits per heavy atom. The number of hydrogen-bond donors (Lipinski definition) is 3. The minimum Gasteiger partial charge on any atom is -0.485 e. The molecule has 1 aliphatic heterocycles. The first-order valence-electron chi connectivity index (χ1n) is 14.6. The number of fused-ring (bicyclic) bond motifs is 1. The number of halogens is 3. The first-order chi connectivity index (χ1) is 20.4. The van der Waals surface area contributed by atoms with Gasteiger partial charge < -0.3 is 30.3 Å². The van der Waals surface area contributed by atoms with E-state index in [0.717, 1.165) is 44.2 Å². The zero-order valence-corrected chi connectivity index (χ0v) is 24.6. The molecule has 43 heavy (non-hydrogen) atoms. The zero-order valence-electron chi connectivity index (χ0n) is 24.6. The van der Waals surface area contributed by atoms with Crippen LogP contribution < -0.4 is 15.4 Å². The molecule has 0 unspecified atom stereocenters. The number of hydrogen-bond acceptors (Lipinski definition) is 5. The van der Waals surface area contributed by atoms with E-state index in [1.165, 1.54) is 24.1 Å². The maximum absolute atomic E-state index is 13.7. The Kier molecular flexibility index (Phi) is 10.2. The number of rotatable bonds is 7. The van der Waals surface area contributed by atoms with Crippen LogP contribution in [0.1, 0.15) is 61.9 Å². The summed E-state index contributed by atoms with van der Waals surface area (Å²) in [7, 11) is 1.53. The van der Waals surface area contributed by atoms with Gasteiger partial charge in [-0.25, -0.2) is 4.79 Å². The summed E-state index contributed by atoms with van der Waals surface area (Å²) < 4.78 is 45.2. The monoisotopic (exact) mass is 604 g/mol. The lowest BCUT2D eigenvalue weighted by atomic mass is 9.88. The van der Waals surface area contributed by atoms with Gasteiger partial charge in [-0.1, -0.05) is 32.3 Å². The van der Waals surface area contributed by atoms with Crippen LogP contribution in [-0.4, -0.2) is 71.6 Å². The predicted octanol–water partition coefficient (Wildman–Crippen LogP) is 5.61. The highest BCUT2D eigenvalue weighted by Crippen LogP contribution is 2.36. The van der Waals surface area contributed by atoms with Crippen LogP contribution >= 0.6 is 0 Å². The first-order valence-corrected chi connectivity index (χ1v) is 14.6. The number of aliphatic hydroxyl groups is 1. The van der Waals surface area contributed by atoms with Crippen molar-refractivity contribution in [1.82, 2.24) is 9.80 Å². The molecule has 234 valence electrons. The number of nitrogens with one attached hydrogen (secondary N) is 2. The van der Waals surface area contributed by atoms with Crippen LogP contribution in [0.25, 0.3) is 0 Å². The van der Waals surface area contributed by atoms with Crippen molar-refractivity contribution >= 4 is 29.2 Å². The molecular weight excluding hydrogens is 565 g/mol. The molecule has 0 radical (unpaired) electrons. The molecule has 0 aromatic heterocycles. The number of carbonyl (C=O) groups is 3. The van der Waals surface area contributed by atoms with Gasteiger partial charge in [0.25, 0.3) is 5.91 Å². The minimum atomic E-state index is -4.49. The second kappa shape index (κ2) is 13.7. The van der Waals surface area contributed by atoms with Gasteiger partial charge in [-0.2, -0.15) is 13.2 Å². The van der Waals surface area contributed by atoms with Gasteiger partial charge in [-0.3, -0.25) is 9.59 Å². The number of anilines is 2. The SMILES string of the molecule is C[C@H](CO)N1C[C@H](C)[C@H](CN(C)C(=O)Nc2ccc(C(F)(F)F)cc2)Oc2c(NC(=O)C3CCCCC3)cccc2C1=O. The van der Waals surface area contributed by atoms with Gasteiger partial charge in [-0.15, -0.1) is 0 Å². The summed E-state index contributed by atoms with van der Waals surface area (Å²) in [5.41, 5.74) is -0.0376. The molecule has 9 nitrogen and oxygen atoms in total. The van der Waals surface area contributed by atoms with E-state index in [-0.39, 0.29) is 60.3 Å². The number of para-hydroxylation sites is 1. The number of likely N-dealkylation sites (N-methyl/N-ethyl adjacent to an activating group) is 1. The van der Waals surface area contributed by atoms with E-state index in [9.17, 15) is 32.7 Å². The van der Waals surface area contributed by atoms with Crippen LogP contribution in [0.4, 0.5) is 29.3 Å². The lowest BCUT2D eigenvalue weighted by Crippen LogP contribution is -2.50. The summed E-state index contributed by atoms with van der Waals surface area (Å²) in [5.74, 6) is -0.725. The van der Waals surface area contributed by atoms with Crippen molar-refractivity contribution in [3.63, 3.8) is 0 Å². The number of carbonyl (C=O) groups excluding carboxylic acids is 3. The molecule has 4 amide bonds. The highest BCUT2D eigenvalue weighted by atomic mass is 19.4. The molecule has 1 fully saturated rings. The van der Waals surface area contributed by atoms with Gasteiger partial charge >= 0.3 is 12.2 Å². The fourth-order valence-electron chi connectivity index (χ4n) is 5.47. The average Bonchev–Trinajstić information content (AvgIpc) is 2.99. The third-order valence-corrected chi connectivity index (χ3v) is 8.19. The normalized spacial score (nSPS) is 20.3. The van der Waals surface area contributed by atoms with E-state index >= 15 is 0 Å². The topological polar surface area (TPSA) is 111 Å². The summed E-state index contributed by atoms with van der Waals surface area (Å²) in [6, 6.07) is 8.04. The molecule has 4 rings (SSSR count). The summed E-state index contributed by atoms with van der Waals surface area (Å²) in [6.07, 6.45) is -0.485. The standard InChI is InChI=1S/C31H39F3N4O5/c1-19-16-38(20(2)18-39)29(41)24-10-7-11-25(36-28(40)21-8-5-4-6-9-21)27(24)43-26(19)17-37(3)30(42)35-23-14-12-22(13-15-23)31(32,33)34/h7,10-15,19-21,26,39H,4-6,8-9,16-18H2,1-3H3,(H,35,42)(H,36,40)/t19-,20+,26-/m0/s1. The van der Waals surface area contributed by atoms with Crippen LogP contribution in [0, 0.1) is 11.8 Å². The lowest BCUT2D eigenvalue weighted by Gasteiger charge is -2.38. The van der Waals surface area contributed by atoms with E-state index in [2.05, 4.69) is 10.6 Å². The molecule has 0 bridgehead atoms. The molecule has 1 heterocycles. The number of amides is 4. The average molecular weight is 605 g/mol. The van der Waals surface area contributed by atoms with Gasteiger partial charge in [0.05, 0.1) is 36.0 Å². The molecular formula is C31H39F3N4O5. The number of ether oxygens (including phenoxy) is 1. The van der Waals surface area contributed by atoms with Crippen LogP contribution in [0.5, 0.6) is 5.75 Å². The Labute approximate surface area is 249 Å². The summed E-state index contributed by atoms with van der Waals surface area (Å²) in [4.78, 5) is 42.8. The van der Waals surface area contributed by atoms with Crippen molar-refractivity contribution in [2.24, 2.45) is 11.8 Å². The summed E-state index contributed by atoms with van der Waals surface area (Å²) >= 11 is 0. The van der Waals surface area contributed by atoms with Crippen molar-refractivity contribution in [2.45, 2.75) is 64.3 Å². The van der Waals surface area contributed by atoms with Crippen LogP contribution in [-0.2, 0) is 11.0 Å². The highest BCUT2D eigenvalue weighted by Gasteiger charge is 2.36. The van der Waals surface area contributed by atoms with Crippen LogP contribution in [0.3, 0.4) is 0 Å². The van der Waals surface area contributed by atoms with Crippen molar-refractivity contribution in [3.05, 3.63) is 53.6 Å². The first kappa shape index (κ1) is 32.1. The number of nitrogens with zero attached hydrogens (tertiary/aromatic N) is 2. The van der Waals surface area contributed by atoms with E-state index in [1.807, 2.05) is 6.92 Å². The maximum atomic E-state index is 13.7. The molecule has 2 aliphatic rings. The molecule has 0 saturated heterocycles. The molecule has 2 aromatic rings. The smallest absolute Gasteiger partial charge is 0.416 e. The third-order valence-electron chi connectivity index (χ3n) is 8.19. The molecule has 3 atom stereocenters. The molecule has 3 N–H and O–H groups in total. The largest absolute Gasteiger partial charge is 0.485 e. The van der Waals surface area contributed by atoms with Gasteiger partial charge in [0.15, 0.2) is 5.75 Å². The fraction of sp³-hybridized carbons (Fsp3) is 0.516. The zero-order chi connectivity index (χ0) is 31.3. The van der Waals surface area contributed by atoms with Crippen molar-refractivity contribution in [3.8, 4) is 5.75 Å². The maximum Gasteiger partial charge on any atom is 0.416 e. The Bertz CT molecular complexity index is 1300. The highest BCUT2D eigenvalue weighted by molar-refractivity contribution is 6.02. The van der Waals surface area contributed by atoms with E-state index < -0.39 is 29.9 Å². The second-order valence-corrected chi connectivity index (χ2v) is 11.5. The number of alkyl halides is 3. The Morgan fingerprint density at radius 2 is 1.77 bits per heavy atom. The predicted molar refractivity (Wildman–Crippen MR) is 156 cm³/mol. The van der Waals surface area contributed by atoms with E-state index in [1.54, 1.807) is 30.0 Å². The molecule has 12 heteroatoms. The Balaban J connectivity index is 1.58. The molecule has 0 spiro atoms. The quantitative estimate of drug-likeness (QED) is 0.381. The Morgan fingerprint density at radius 1 is 1.09 bits per heavy atom. The number of aliphatic hydroxyl groups excluding tert-OH is 1. The molecule has 2 aromatic carbocycles. The van der Waals surface area contributed by atoms with Gasteiger partial charge in [-0.05, 0) is 56.2 Å². The van der Waals surface area contributed by atoms with Gasteiger partial charge in [0.2, 0.25) is 5.91 Å². The molecule has 1 aliphatic carbocycles. The van der Waals surface area contributed by atoms with Crippen LogP contribution in [0.15, 0.2) is 42.5 Å². The second-order valence-electron chi connectivity index (χ2n) is 11.5. The lowest BCUT2D eigenvalue weighted by molar-refractivity contribution is -0.137. The van der Waals surface area contributed by atoms with Crippen molar-refractivity contribution < 1.29 is 37.4 Å². The van der Waals surface area contributed by atoms with Crippen LogP contribution in [0.2, 0.25) is 0 Å². The number of benzene rings is 2. The fourth-order valence-corrected chi connectivity index (χ4v) is 5.47. The van der Waals surface area contributed by atoms with Crippen molar-refractivity contribution in [1.29, 1.82) is 0 Å². The van der Waals surface area contributed by atoms with Gasteiger partial charge in [0, 0.05) is 31.1 Å².